The van der Waals surface area contributed by atoms with Gasteiger partial charge in [-0.1, -0.05) is 12.1 Å². The molecule has 2 aliphatic rings. The first-order valence-corrected chi connectivity index (χ1v) is 15.4. The first-order valence-electron chi connectivity index (χ1n) is 13.8. The molecule has 0 aliphatic carbocycles. The van der Waals surface area contributed by atoms with Gasteiger partial charge in [0.2, 0.25) is 5.95 Å². The first-order chi connectivity index (χ1) is 19.6. The van der Waals surface area contributed by atoms with Gasteiger partial charge in [0.05, 0.1) is 15.0 Å². The normalized spacial score (nSPS) is 17.7. The van der Waals surface area contributed by atoms with Crippen molar-refractivity contribution in [3.05, 3.63) is 62.8 Å². The van der Waals surface area contributed by atoms with Crippen LogP contribution >= 0.6 is 27.3 Å². The van der Waals surface area contributed by atoms with E-state index in [0.29, 0.717) is 19.0 Å². The Kier molecular flexibility index (Phi) is 9.03. The number of hydrogen-bond donors (Lipinski definition) is 2. The predicted octanol–water partition coefficient (Wildman–Crippen LogP) is 4.23. The van der Waals surface area contributed by atoms with E-state index in [-0.39, 0.29) is 11.7 Å². The maximum Gasteiger partial charge on any atom is 0.325 e. The van der Waals surface area contributed by atoms with Gasteiger partial charge in [-0.2, -0.15) is 0 Å². The molecule has 2 aliphatic heterocycles. The summed E-state index contributed by atoms with van der Waals surface area (Å²) >= 11 is 5.33. The van der Waals surface area contributed by atoms with Crippen molar-refractivity contribution in [3.8, 4) is 10.6 Å². The summed E-state index contributed by atoms with van der Waals surface area (Å²) in [6, 6.07) is 8.54. The number of halogens is 2. The standard InChI is InChI=1S/C29H35BrFN7O2S/c1-29(2)26(39)35-28(40)38(29)11-9-32-27-33-18-22(30)25(34-27)24-17-20(8-10-37-14-12-36(3)13-15-37)23(41-24)16-19-4-6-21(31)7-5-19/h4-7,17-18H,8-16H2,1-3H3,(H,32,33,34)(H,35,39,40). The predicted molar refractivity (Wildman–Crippen MR) is 163 cm³/mol. The molecule has 0 unspecified atom stereocenters. The molecule has 0 radical (unpaired) electrons. The lowest BCUT2D eigenvalue weighted by molar-refractivity contribution is -0.125. The SMILES string of the molecule is CN1CCN(CCc2cc(-c3nc(NCCN4C(=O)NC(=O)C4(C)C)ncc3Br)sc2Cc2ccc(F)cc2)CC1. The molecular formula is C29H35BrFN7O2S. The minimum Gasteiger partial charge on any atom is -0.352 e. The Morgan fingerprint density at radius 3 is 2.54 bits per heavy atom. The molecule has 0 bridgehead atoms. The van der Waals surface area contributed by atoms with Gasteiger partial charge in [0.15, 0.2) is 0 Å². The summed E-state index contributed by atoms with van der Waals surface area (Å²) < 4.78 is 14.3. The topological polar surface area (TPSA) is 93.7 Å². The molecule has 9 nitrogen and oxygen atoms in total. The zero-order chi connectivity index (χ0) is 29.1. The van der Waals surface area contributed by atoms with Crippen LogP contribution in [-0.4, -0.2) is 95.0 Å². The zero-order valence-corrected chi connectivity index (χ0v) is 25.9. The van der Waals surface area contributed by atoms with Gasteiger partial charge in [0, 0.05) is 63.3 Å². The van der Waals surface area contributed by atoms with Crippen molar-refractivity contribution < 1.29 is 14.0 Å². The number of likely N-dealkylation sites (N-methyl/N-ethyl adjacent to an activating group) is 1. The molecule has 3 aromatic rings. The van der Waals surface area contributed by atoms with Crippen molar-refractivity contribution >= 4 is 45.2 Å². The number of amides is 3. The van der Waals surface area contributed by atoms with Gasteiger partial charge in [0.25, 0.3) is 5.91 Å². The number of nitrogens with zero attached hydrogens (tertiary/aromatic N) is 5. The second-order valence-electron chi connectivity index (χ2n) is 11.0. The van der Waals surface area contributed by atoms with Crippen molar-refractivity contribution in [1.29, 1.82) is 0 Å². The van der Waals surface area contributed by atoms with Gasteiger partial charge in [-0.25, -0.2) is 19.2 Å². The Labute approximate surface area is 252 Å². The van der Waals surface area contributed by atoms with Crippen molar-refractivity contribution in [2.45, 2.75) is 32.2 Å². The summed E-state index contributed by atoms with van der Waals surface area (Å²) in [4.78, 5) is 42.1. The molecule has 2 saturated heterocycles. The second kappa shape index (κ2) is 12.5. The number of carbonyl (C=O) groups excluding carboxylic acids is 2. The van der Waals surface area contributed by atoms with Gasteiger partial charge in [-0.15, -0.1) is 11.3 Å². The van der Waals surface area contributed by atoms with Crippen LogP contribution in [0.15, 0.2) is 41.0 Å². The van der Waals surface area contributed by atoms with E-state index in [1.165, 1.54) is 27.5 Å². The summed E-state index contributed by atoms with van der Waals surface area (Å²) in [5, 5.41) is 5.57. The molecule has 41 heavy (non-hydrogen) atoms. The lowest BCUT2D eigenvalue weighted by Gasteiger charge is -2.32. The number of hydrogen-bond acceptors (Lipinski definition) is 8. The molecule has 2 fully saturated rings. The minimum absolute atomic E-state index is 0.235. The summed E-state index contributed by atoms with van der Waals surface area (Å²) in [6.07, 6.45) is 3.38. The van der Waals surface area contributed by atoms with Gasteiger partial charge >= 0.3 is 6.03 Å². The highest BCUT2D eigenvalue weighted by molar-refractivity contribution is 9.10. The number of rotatable bonds is 10. The van der Waals surface area contributed by atoms with Crippen LogP contribution in [0.3, 0.4) is 0 Å². The van der Waals surface area contributed by atoms with Gasteiger partial charge in [-0.3, -0.25) is 10.1 Å². The molecule has 2 aromatic heterocycles. The van der Waals surface area contributed by atoms with Crippen molar-refractivity contribution in [2.24, 2.45) is 0 Å². The minimum atomic E-state index is -0.900. The average Bonchev–Trinajstić information content (AvgIpc) is 3.42. The summed E-state index contributed by atoms with van der Waals surface area (Å²) in [5.41, 5.74) is 2.23. The number of piperazine rings is 1. The molecule has 1 aromatic carbocycles. The van der Waals surface area contributed by atoms with E-state index in [0.717, 1.165) is 66.2 Å². The summed E-state index contributed by atoms with van der Waals surface area (Å²) in [6.45, 7) is 9.45. The van der Waals surface area contributed by atoms with E-state index in [4.69, 9.17) is 4.98 Å². The lowest BCUT2D eigenvalue weighted by atomic mass is 10.0. The Hall–Kier alpha value is -2.93. The smallest absolute Gasteiger partial charge is 0.325 e. The molecule has 218 valence electrons. The monoisotopic (exact) mass is 643 g/mol. The van der Waals surface area contributed by atoms with Crippen LogP contribution in [0, 0.1) is 5.82 Å². The van der Waals surface area contributed by atoms with Crippen molar-refractivity contribution in [1.82, 2.24) is 30.0 Å². The molecule has 5 rings (SSSR count). The largest absolute Gasteiger partial charge is 0.352 e. The highest BCUT2D eigenvalue weighted by Crippen LogP contribution is 2.36. The maximum absolute atomic E-state index is 13.5. The highest BCUT2D eigenvalue weighted by Gasteiger charge is 2.45. The summed E-state index contributed by atoms with van der Waals surface area (Å²) in [7, 11) is 2.16. The van der Waals surface area contributed by atoms with Crippen molar-refractivity contribution in [2.75, 3.05) is 58.2 Å². The number of carbonyl (C=O) groups is 2. The van der Waals surface area contributed by atoms with Crippen LogP contribution in [0.4, 0.5) is 15.1 Å². The maximum atomic E-state index is 13.5. The van der Waals surface area contributed by atoms with E-state index in [1.807, 2.05) is 12.1 Å². The molecule has 12 heteroatoms. The Morgan fingerprint density at radius 1 is 1.12 bits per heavy atom. The molecular weight excluding hydrogens is 609 g/mol. The summed E-state index contributed by atoms with van der Waals surface area (Å²) in [5.74, 6) is -0.0944. The van der Waals surface area contributed by atoms with Crippen molar-refractivity contribution in [3.63, 3.8) is 0 Å². The zero-order valence-electron chi connectivity index (χ0n) is 23.5. The van der Waals surface area contributed by atoms with Crippen LogP contribution in [0.25, 0.3) is 10.6 Å². The van der Waals surface area contributed by atoms with Crippen LogP contribution < -0.4 is 10.6 Å². The third kappa shape index (κ3) is 6.94. The molecule has 0 spiro atoms. The lowest BCUT2D eigenvalue weighted by Crippen LogP contribution is -2.46. The fraction of sp³-hybridized carbons (Fsp3) is 0.448. The van der Waals surface area contributed by atoms with Gasteiger partial charge in [0.1, 0.15) is 11.4 Å². The number of urea groups is 1. The van der Waals surface area contributed by atoms with E-state index >= 15 is 0 Å². The number of benzene rings is 1. The van der Waals surface area contributed by atoms with Crippen LogP contribution in [0.2, 0.25) is 0 Å². The quantitative estimate of drug-likeness (QED) is 0.319. The Balaban J connectivity index is 1.33. The molecule has 3 amide bonds. The molecule has 0 atom stereocenters. The molecule has 2 N–H and O–H groups in total. The number of nitrogens with one attached hydrogen (secondary N) is 2. The molecule has 0 saturated carbocycles. The second-order valence-corrected chi connectivity index (χ2v) is 13.0. The Morgan fingerprint density at radius 2 is 1.85 bits per heavy atom. The Bertz CT molecular complexity index is 1410. The molecule has 4 heterocycles. The number of thiophene rings is 1. The number of aromatic nitrogens is 2. The average molecular weight is 645 g/mol. The third-order valence-electron chi connectivity index (χ3n) is 7.76. The van der Waals surface area contributed by atoms with Gasteiger partial charge < -0.3 is 20.0 Å². The van der Waals surface area contributed by atoms with E-state index < -0.39 is 11.6 Å². The van der Waals surface area contributed by atoms with E-state index in [1.54, 1.807) is 31.4 Å². The van der Waals surface area contributed by atoms with Crippen LogP contribution in [-0.2, 0) is 17.6 Å². The third-order valence-corrected chi connectivity index (χ3v) is 9.52. The fourth-order valence-electron chi connectivity index (χ4n) is 5.06. The number of imide groups is 1. The van der Waals surface area contributed by atoms with E-state index in [9.17, 15) is 14.0 Å². The fourth-order valence-corrected chi connectivity index (χ4v) is 6.85. The van der Waals surface area contributed by atoms with Crippen LogP contribution in [0.5, 0.6) is 0 Å². The van der Waals surface area contributed by atoms with Crippen LogP contribution in [0.1, 0.15) is 29.9 Å². The number of anilines is 1. The van der Waals surface area contributed by atoms with E-state index in [2.05, 4.69) is 54.5 Å². The van der Waals surface area contributed by atoms with Gasteiger partial charge in [-0.05, 0) is 72.6 Å². The first kappa shape index (κ1) is 29.6. The highest BCUT2D eigenvalue weighted by atomic mass is 79.9.